The molecule has 2 aromatic heterocycles. The van der Waals surface area contributed by atoms with Crippen molar-refractivity contribution in [3.63, 3.8) is 0 Å². The van der Waals surface area contributed by atoms with Crippen LogP contribution in [0.5, 0.6) is 0 Å². The molecule has 4 nitrogen and oxygen atoms in total. The number of carboxylic acid groups (broad SMARTS) is 1. The number of carbonyl (C=O) groups is 2. The molecule has 3 rings (SSSR count). The van der Waals surface area contributed by atoms with Crippen LogP contribution in [-0.4, -0.2) is 17.0 Å². The molecule has 0 fully saturated rings. The zero-order valence-corrected chi connectivity index (χ0v) is 14.1. The molecule has 6 heteroatoms. The maximum absolute atomic E-state index is 12.0. The average Bonchev–Trinajstić information content (AvgIpc) is 3.23. The van der Waals surface area contributed by atoms with Crippen LogP contribution in [0.4, 0.5) is 5.69 Å². The first-order valence-corrected chi connectivity index (χ1v) is 8.78. The zero-order valence-electron chi connectivity index (χ0n) is 12.4. The molecule has 24 heavy (non-hydrogen) atoms. The minimum absolute atomic E-state index is 0.117. The van der Waals surface area contributed by atoms with Gasteiger partial charge in [0.05, 0.1) is 5.69 Å². The molecule has 0 aliphatic rings. The van der Waals surface area contributed by atoms with E-state index in [-0.39, 0.29) is 10.8 Å². The van der Waals surface area contributed by atoms with Crippen molar-refractivity contribution in [1.29, 1.82) is 0 Å². The van der Waals surface area contributed by atoms with Crippen molar-refractivity contribution in [3.8, 4) is 10.4 Å². The molecule has 1 aromatic carbocycles. The number of aromatic carboxylic acids is 1. The molecule has 120 valence electrons. The van der Waals surface area contributed by atoms with Gasteiger partial charge in [0.1, 0.15) is 4.88 Å². The van der Waals surface area contributed by atoms with Crippen molar-refractivity contribution in [2.24, 2.45) is 0 Å². The largest absolute Gasteiger partial charge is 0.477 e. The van der Waals surface area contributed by atoms with Crippen LogP contribution < -0.4 is 5.32 Å². The first-order valence-electron chi connectivity index (χ1n) is 7.08. The van der Waals surface area contributed by atoms with Crippen molar-refractivity contribution in [3.05, 3.63) is 69.7 Å². The molecule has 0 atom stereocenters. The number of nitrogens with one attached hydrogen (secondary N) is 1. The minimum atomic E-state index is -1.06. The van der Waals surface area contributed by atoms with Gasteiger partial charge in [-0.25, -0.2) is 4.79 Å². The van der Waals surface area contributed by atoms with Crippen molar-refractivity contribution < 1.29 is 14.7 Å². The lowest BCUT2D eigenvalue weighted by atomic mass is 10.2. The lowest BCUT2D eigenvalue weighted by molar-refractivity contribution is -0.111. The topological polar surface area (TPSA) is 66.4 Å². The molecule has 0 aliphatic carbocycles. The summed E-state index contributed by atoms with van der Waals surface area (Å²) in [6.45, 7) is 0. The monoisotopic (exact) mass is 355 g/mol. The van der Waals surface area contributed by atoms with E-state index < -0.39 is 5.97 Å². The van der Waals surface area contributed by atoms with Gasteiger partial charge in [-0.05, 0) is 29.2 Å². The maximum Gasteiger partial charge on any atom is 0.348 e. The van der Waals surface area contributed by atoms with Gasteiger partial charge in [0, 0.05) is 15.8 Å². The number of benzene rings is 1. The fraction of sp³-hybridized carbons (Fsp3) is 0. The van der Waals surface area contributed by atoms with E-state index in [0.29, 0.717) is 5.69 Å². The number of carboxylic acids is 1. The number of hydrogen-bond acceptors (Lipinski definition) is 4. The second-order valence-electron chi connectivity index (χ2n) is 4.86. The molecule has 0 unspecified atom stereocenters. The van der Waals surface area contributed by atoms with Crippen LogP contribution in [0.2, 0.25) is 0 Å². The third-order valence-electron chi connectivity index (χ3n) is 3.18. The molecule has 1 amide bonds. The molecule has 0 aliphatic heterocycles. The van der Waals surface area contributed by atoms with E-state index in [1.165, 1.54) is 17.4 Å². The zero-order chi connectivity index (χ0) is 16.9. The highest BCUT2D eigenvalue weighted by Gasteiger charge is 2.17. The third-order valence-corrected chi connectivity index (χ3v) is 5.19. The number of rotatable bonds is 5. The summed E-state index contributed by atoms with van der Waals surface area (Å²) in [6.07, 6.45) is 3.10. The highest BCUT2D eigenvalue weighted by molar-refractivity contribution is 7.18. The number of anilines is 1. The third kappa shape index (κ3) is 3.79. The molecule has 2 heterocycles. The lowest BCUT2D eigenvalue weighted by Crippen LogP contribution is -2.09. The van der Waals surface area contributed by atoms with E-state index >= 15 is 0 Å². The van der Waals surface area contributed by atoms with Gasteiger partial charge in [0.2, 0.25) is 5.91 Å². The van der Waals surface area contributed by atoms with Gasteiger partial charge >= 0.3 is 5.97 Å². The predicted octanol–water partition coefficient (Wildman–Crippen LogP) is 4.83. The molecule has 0 radical (unpaired) electrons. The van der Waals surface area contributed by atoms with Gasteiger partial charge in [-0.2, -0.15) is 0 Å². The average molecular weight is 355 g/mol. The lowest BCUT2D eigenvalue weighted by Gasteiger charge is -2.00. The van der Waals surface area contributed by atoms with Crippen LogP contribution in [0.1, 0.15) is 14.5 Å². The van der Waals surface area contributed by atoms with E-state index in [1.807, 2.05) is 47.8 Å². The predicted molar refractivity (Wildman–Crippen MR) is 98.7 cm³/mol. The van der Waals surface area contributed by atoms with Gasteiger partial charge in [-0.15, -0.1) is 22.7 Å². The Kier molecular flexibility index (Phi) is 4.88. The quantitative estimate of drug-likeness (QED) is 0.644. The Bertz CT molecular complexity index is 880. The standard InChI is InChI=1S/C18H13NO3S2/c20-16(9-8-13-7-4-10-23-13)19-14-11-15(24-17(14)18(21)22)12-5-2-1-3-6-12/h1-11H,(H,19,20)(H,21,22)/b9-8+. The molecule has 2 N–H and O–H groups in total. The molecule has 0 bridgehead atoms. The number of amides is 1. The second kappa shape index (κ2) is 7.25. The Labute approximate surface area is 146 Å². The molecule has 0 spiro atoms. The number of carbonyl (C=O) groups excluding carboxylic acids is 1. The summed E-state index contributed by atoms with van der Waals surface area (Å²) >= 11 is 2.66. The summed E-state index contributed by atoms with van der Waals surface area (Å²) in [7, 11) is 0. The Balaban J connectivity index is 1.83. The molecular formula is C18H13NO3S2. The van der Waals surface area contributed by atoms with Crippen LogP contribution in [0.25, 0.3) is 16.5 Å². The van der Waals surface area contributed by atoms with Gasteiger partial charge in [0.25, 0.3) is 0 Å². The molecule has 0 saturated carbocycles. The second-order valence-corrected chi connectivity index (χ2v) is 6.89. The van der Waals surface area contributed by atoms with E-state index in [1.54, 1.807) is 12.1 Å². The fourth-order valence-electron chi connectivity index (χ4n) is 2.11. The first kappa shape index (κ1) is 16.2. The highest BCUT2D eigenvalue weighted by Crippen LogP contribution is 2.34. The summed E-state index contributed by atoms with van der Waals surface area (Å²) in [4.78, 5) is 25.4. The SMILES string of the molecule is O=C(/C=C/c1cccs1)Nc1cc(-c2ccccc2)sc1C(=O)O. The Hall–Kier alpha value is -2.70. The summed E-state index contributed by atoms with van der Waals surface area (Å²) in [5, 5.41) is 13.9. The fourth-order valence-corrected chi connectivity index (χ4v) is 3.68. The Morgan fingerprint density at radius 2 is 1.88 bits per heavy atom. The maximum atomic E-state index is 12.0. The van der Waals surface area contributed by atoms with E-state index in [4.69, 9.17) is 0 Å². The Morgan fingerprint density at radius 3 is 2.54 bits per heavy atom. The van der Waals surface area contributed by atoms with Gasteiger partial charge in [0.15, 0.2) is 0 Å². The summed E-state index contributed by atoms with van der Waals surface area (Å²) in [5.41, 5.74) is 1.23. The highest BCUT2D eigenvalue weighted by atomic mass is 32.1. The normalized spacial score (nSPS) is 10.8. The summed E-state index contributed by atoms with van der Waals surface area (Å²) < 4.78 is 0. The van der Waals surface area contributed by atoms with E-state index in [2.05, 4.69) is 5.32 Å². The van der Waals surface area contributed by atoms with Crippen molar-refractivity contribution in [2.75, 3.05) is 5.32 Å². The minimum Gasteiger partial charge on any atom is -0.477 e. The van der Waals surface area contributed by atoms with Crippen molar-refractivity contribution >= 4 is 46.3 Å². The molecule has 0 saturated heterocycles. The van der Waals surface area contributed by atoms with Crippen molar-refractivity contribution in [1.82, 2.24) is 0 Å². The number of thiophene rings is 2. The van der Waals surface area contributed by atoms with E-state index in [0.717, 1.165) is 26.7 Å². The van der Waals surface area contributed by atoms with Gasteiger partial charge in [-0.1, -0.05) is 36.4 Å². The summed E-state index contributed by atoms with van der Waals surface area (Å²) in [5.74, 6) is -1.41. The van der Waals surface area contributed by atoms with Crippen LogP contribution >= 0.6 is 22.7 Å². The van der Waals surface area contributed by atoms with Gasteiger partial charge < -0.3 is 10.4 Å². The van der Waals surface area contributed by atoms with Crippen molar-refractivity contribution in [2.45, 2.75) is 0 Å². The molecule has 3 aromatic rings. The van der Waals surface area contributed by atoms with Gasteiger partial charge in [-0.3, -0.25) is 4.79 Å². The number of hydrogen-bond donors (Lipinski definition) is 2. The van der Waals surface area contributed by atoms with Crippen LogP contribution in [0.15, 0.2) is 60.0 Å². The van der Waals surface area contributed by atoms with Crippen LogP contribution in [-0.2, 0) is 4.79 Å². The Morgan fingerprint density at radius 1 is 1.08 bits per heavy atom. The molecular weight excluding hydrogens is 342 g/mol. The van der Waals surface area contributed by atoms with Crippen LogP contribution in [0, 0.1) is 0 Å². The smallest absolute Gasteiger partial charge is 0.348 e. The first-order chi connectivity index (χ1) is 11.6. The van der Waals surface area contributed by atoms with Crippen LogP contribution in [0.3, 0.4) is 0 Å². The van der Waals surface area contributed by atoms with E-state index in [9.17, 15) is 14.7 Å². The summed E-state index contributed by atoms with van der Waals surface area (Å²) in [6, 6.07) is 15.0.